The molecule has 1 aliphatic rings. The molecule has 0 radical (unpaired) electrons. The SMILES string of the molecule is NN(CCC[C@H](O)C1CCCC1)C(=O)O. The van der Waals surface area contributed by atoms with Crippen LogP contribution in [0.2, 0.25) is 0 Å². The van der Waals surface area contributed by atoms with Crippen molar-refractivity contribution in [3.8, 4) is 0 Å². The summed E-state index contributed by atoms with van der Waals surface area (Å²) < 4.78 is 0. The van der Waals surface area contributed by atoms with Crippen LogP contribution in [0, 0.1) is 5.92 Å². The van der Waals surface area contributed by atoms with E-state index in [4.69, 9.17) is 10.9 Å². The fourth-order valence-electron chi connectivity index (χ4n) is 2.14. The van der Waals surface area contributed by atoms with E-state index in [0.717, 1.165) is 17.9 Å². The summed E-state index contributed by atoms with van der Waals surface area (Å²) >= 11 is 0. The molecule has 0 spiro atoms. The van der Waals surface area contributed by atoms with Crippen LogP contribution >= 0.6 is 0 Å². The van der Waals surface area contributed by atoms with Gasteiger partial charge in [-0.3, -0.25) is 0 Å². The van der Waals surface area contributed by atoms with Crippen molar-refractivity contribution < 1.29 is 15.0 Å². The number of hydrazine groups is 1. The smallest absolute Gasteiger partial charge is 0.421 e. The van der Waals surface area contributed by atoms with Crippen molar-refractivity contribution in [2.24, 2.45) is 11.8 Å². The molecule has 0 unspecified atom stereocenters. The lowest BCUT2D eigenvalue weighted by molar-refractivity contribution is 0.0934. The van der Waals surface area contributed by atoms with Crippen LogP contribution in [0.4, 0.5) is 4.79 Å². The van der Waals surface area contributed by atoms with Gasteiger partial charge < -0.3 is 10.2 Å². The van der Waals surface area contributed by atoms with Gasteiger partial charge in [-0.1, -0.05) is 12.8 Å². The van der Waals surface area contributed by atoms with Gasteiger partial charge in [0.05, 0.1) is 6.10 Å². The number of rotatable bonds is 5. The number of carbonyl (C=O) groups is 1. The minimum atomic E-state index is -1.12. The van der Waals surface area contributed by atoms with Gasteiger partial charge in [-0.2, -0.15) is 0 Å². The summed E-state index contributed by atoms with van der Waals surface area (Å²) in [4.78, 5) is 10.4. The first-order valence-electron chi connectivity index (χ1n) is 5.54. The Morgan fingerprint density at radius 3 is 2.60 bits per heavy atom. The largest absolute Gasteiger partial charge is 0.464 e. The number of hydrogen-bond acceptors (Lipinski definition) is 3. The van der Waals surface area contributed by atoms with E-state index in [1.807, 2.05) is 0 Å². The van der Waals surface area contributed by atoms with Crippen LogP contribution in [0.3, 0.4) is 0 Å². The van der Waals surface area contributed by atoms with Gasteiger partial charge in [0.15, 0.2) is 0 Å². The van der Waals surface area contributed by atoms with Gasteiger partial charge in [0.2, 0.25) is 0 Å². The van der Waals surface area contributed by atoms with E-state index < -0.39 is 6.09 Å². The normalized spacial score (nSPS) is 19.1. The molecular weight excluding hydrogens is 196 g/mol. The summed E-state index contributed by atoms with van der Waals surface area (Å²) in [6.45, 7) is 0.291. The molecule has 1 amide bonds. The van der Waals surface area contributed by atoms with Gasteiger partial charge in [-0.25, -0.2) is 15.6 Å². The van der Waals surface area contributed by atoms with Crippen molar-refractivity contribution in [1.82, 2.24) is 5.01 Å². The Morgan fingerprint density at radius 1 is 1.47 bits per heavy atom. The zero-order valence-electron chi connectivity index (χ0n) is 8.93. The number of nitrogens with two attached hydrogens (primary N) is 1. The van der Waals surface area contributed by atoms with Crippen LogP contribution in [-0.4, -0.2) is 34.0 Å². The van der Waals surface area contributed by atoms with Crippen LogP contribution in [0.5, 0.6) is 0 Å². The minimum Gasteiger partial charge on any atom is -0.464 e. The fraction of sp³-hybridized carbons (Fsp3) is 0.900. The Morgan fingerprint density at radius 2 is 2.07 bits per heavy atom. The van der Waals surface area contributed by atoms with Crippen molar-refractivity contribution in [2.45, 2.75) is 44.6 Å². The summed E-state index contributed by atoms with van der Waals surface area (Å²) in [7, 11) is 0. The number of aliphatic hydroxyl groups is 1. The van der Waals surface area contributed by atoms with Crippen molar-refractivity contribution in [3.05, 3.63) is 0 Å². The van der Waals surface area contributed by atoms with Crippen LogP contribution in [0.25, 0.3) is 0 Å². The molecule has 0 aliphatic heterocycles. The van der Waals surface area contributed by atoms with E-state index in [9.17, 15) is 9.90 Å². The average Bonchev–Trinajstić information content (AvgIpc) is 2.70. The van der Waals surface area contributed by atoms with Crippen LogP contribution in [0.1, 0.15) is 38.5 Å². The molecule has 1 saturated carbocycles. The molecule has 88 valence electrons. The number of hydrogen-bond donors (Lipinski definition) is 3. The summed E-state index contributed by atoms with van der Waals surface area (Å²) in [5.41, 5.74) is 0. The number of nitrogens with zero attached hydrogens (tertiary/aromatic N) is 1. The highest BCUT2D eigenvalue weighted by Gasteiger charge is 2.22. The fourth-order valence-corrected chi connectivity index (χ4v) is 2.14. The highest BCUT2D eigenvalue weighted by Crippen LogP contribution is 2.29. The molecule has 1 fully saturated rings. The molecule has 0 aromatic rings. The van der Waals surface area contributed by atoms with Gasteiger partial charge in [-0.05, 0) is 31.6 Å². The maximum atomic E-state index is 10.4. The molecule has 0 saturated heterocycles. The molecular formula is C10H20N2O3. The Bertz CT molecular complexity index is 205. The third-order valence-corrected chi connectivity index (χ3v) is 3.09. The molecule has 1 atom stereocenters. The number of amides is 1. The molecule has 1 rings (SSSR count). The summed E-state index contributed by atoms with van der Waals surface area (Å²) in [6.07, 6.45) is 4.49. The lowest BCUT2D eigenvalue weighted by Crippen LogP contribution is -2.37. The van der Waals surface area contributed by atoms with Gasteiger partial charge in [0, 0.05) is 6.54 Å². The monoisotopic (exact) mass is 216 g/mol. The summed E-state index contributed by atoms with van der Waals surface area (Å²) in [5, 5.41) is 19.1. The Hall–Kier alpha value is -0.810. The highest BCUT2D eigenvalue weighted by molar-refractivity contribution is 5.63. The first-order chi connectivity index (χ1) is 7.11. The van der Waals surface area contributed by atoms with Crippen molar-refractivity contribution >= 4 is 6.09 Å². The quantitative estimate of drug-likeness (QED) is 0.366. The van der Waals surface area contributed by atoms with Crippen LogP contribution in [-0.2, 0) is 0 Å². The van der Waals surface area contributed by atoms with Crippen molar-refractivity contribution in [2.75, 3.05) is 6.54 Å². The van der Waals surface area contributed by atoms with Crippen LogP contribution < -0.4 is 5.84 Å². The molecule has 0 aromatic carbocycles. The second-order valence-electron chi connectivity index (χ2n) is 4.23. The predicted octanol–water partition coefficient (Wildman–Crippen LogP) is 1.17. The molecule has 1 aliphatic carbocycles. The van der Waals surface area contributed by atoms with Gasteiger partial charge in [0.1, 0.15) is 0 Å². The second kappa shape index (κ2) is 5.92. The van der Waals surface area contributed by atoms with Gasteiger partial charge >= 0.3 is 6.09 Å². The zero-order valence-corrected chi connectivity index (χ0v) is 8.93. The molecule has 0 bridgehead atoms. The summed E-state index contributed by atoms with van der Waals surface area (Å²) in [5.74, 6) is 5.63. The Labute approximate surface area is 89.8 Å². The Kier molecular flexibility index (Phi) is 4.84. The molecule has 15 heavy (non-hydrogen) atoms. The van der Waals surface area contributed by atoms with Crippen molar-refractivity contribution in [3.63, 3.8) is 0 Å². The van der Waals surface area contributed by atoms with E-state index in [2.05, 4.69) is 0 Å². The molecule has 5 heteroatoms. The zero-order chi connectivity index (χ0) is 11.3. The molecule has 0 heterocycles. The standard InChI is InChI=1S/C10H20N2O3/c11-12(10(14)15)7-3-6-9(13)8-4-1-2-5-8/h8-9,13H,1-7,11H2,(H,14,15)/t9-/m0/s1. The Balaban J connectivity index is 2.11. The highest BCUT2D eigenvalue weighted by atomic mass is 16.4. The first kappa shape index (κ1) is 12.3. The number of carboxylic acid groups (broad SMARTS) is 1. The number of aliphatic hydroxyl groups excluding tert-OH is 1. The lowest BCUT2D eigenvalue weighted by Gasteiger charge is -2.18. The van der Waals surface area contributed by atoms with Gasteiger partial charge in [-0.15, -0.1) is 0 Å². The minimum absolute atomic E-state index is 0.283. The average molecular weight is 216 g/mol. The van der Waals surface area contributed by atoms with E-state index in [0.29, 0.717) is 25.3 Å². The maximum Gasteiger partial charge on any atom is 0.421 e. The van der Waals surface area contributed by atoms with E-state index in [1.165, 1.54) is 12.8 Å². The summed E-state index contributed by atoms with van der Waals surface area (Å²) in [6, 6.07) is 0. The predicted molar refractivity (Wildman–Crippen MR) is 56.1 cm³/mol. The van der Waals surface area contributed by atoms with E-state index >= 15 is 0 Å². The van der Waals surface area contributed by atoms with Crippen LogP contribution in [0.15, 0.2) is 0 Å². The van der Waals surface area contributed by atoms with E-state index in [1.54, 1.807) is 0 Å². The van der Waals surface area contributed by atoms with Gasteiger partial charge in [0.25, 0.3) is 0 Å². The topological polar surface area (TPSA) is 86.8 Å². The van der Waals surface area contributed by atoms with E-state index in [-0.39, 0.29) is 6.10 Å². The first-order valence-corrected chi connectivity index (χ1v) is 5.54. The van der Waals surface area contributed by atoms with Crippen molar-refractivity contribution in [1.29, 1.82) is 0 Å². The third-order valence-electron chi connectivity index (χ3n) is 3.09. The molecule has 0 aromatic heterocycles. The lowest BCUT2D eigenvalue weighted by atomic mass is 9.97. The maximum absolute atomic E-state index is 10.4. The third kappa shape index (κ3) is 4.05. The second-order valence-corrected chi connectivity index (χ2v) is 4.23. The molecule has 4 N–H and O–H groups in total. The molecule has 5 nitrogen and oxygen atoms in total.